The maximum atomic E-state index is 11.9. The summed E-state index contributed by atoms with van der Waals surface area (Å²) in [6.45, 7) is 2.26. The van der Waals surface area contributed by atoms with E-state index in [0.717, 1.165) is 18.4 Å². The Morgan fingerprint density at radius 2 is 1.39 bits per heavy atom. The Balaban J connectivity index is 1.31. The lowest BCUT2D eigenvalue weighted by atomic mass is 10.0. The number of rotatable bonds is 11. The lowest BCUT2D eigenvalue weighted by Gasteiger charge is -2.12. The smallest absolute Gasteiger partial charge is 0.382 e. The summed E-state index contributed by atoms with van der Waals surface area (Å²) in [5.74, 6) is 1.74. The van der Waals surface area contributed by atoms with Crippen molar-refractivity contribution in [2.75, 3.05) is 0 Å². The molecule has 0 fully saturated rings. The van der Waals surface area contributed by atoms with E-state index in [0.29, 0.717) is 17.2 Å². The van der Waals surface area contributed by atoms with Crippen LogP contribution in [-0.4, -0.2) is 0 Å². The molecule has 1 atom stereocenters. The molecule has 2 heterocycles. The second-order valence-electron chi connectivity index (χ2n) is 6.53. The molecule has 0 aromatic heterocycles. The van der Waals surface area contributed by atoms with E-state index in [1.54, 1.807) is 0 Å². The second kappa shape index (κ2) is 7.61. The summed E-state index contributed by atoms with van der Waals surface area (Å²) >= 11 is 0. The van der Waals surface area contributed by atoms with Crippen molar-refractivity contribution in [2.24, 2.45) is 0 Å². The molecule has 2 aliphatic heterocycles. The van der Waals surface area contributed by atoms with Crippen molar-refractivity contribution in [1.29, 1.82) is 0 Å². The van der Waals surface area contributed by atoms with Crippen LogP contribution >= 0.6 is 7.82 Å². The van der Waals surface area contributed by atoms with Gasteiger partial charge in [-0.3, -0.25) is 0 Å². The summed E-state index contributed by atoms with van der Waals surface area (Å²) in [6.07, 6.45) is 14.2. The number of benzene rings is 1. The van der Waals surface area contributed by atoms with Crippen molar-refractivity contribution in [3.05, 3.63) is 17.7 Å². The monoisotopic (exact) mass is 338 g/mol. The third-order valence-electron chi connectivity index (χ3n) is 4.57. The first-order chi connectivity index (χ1) is 11.2. The van der Waals surface area contributed by atoms with Gasteiger partial charge >= 0.3 is 7.82 Å². The van der Waals surface area contributed by atoms with E-state index in [-0.39, 0.29) is 0 Å². The molecule has 3 rings (SSSR count). The van der Waals surface area contributed by atoms with Crippen molar-refractivity contribution in [3.8, 4) is 17.2 Å². The van der Waals surface area contributed by atoms with E-state index >= 15 is 0 Å². The van der Waals surface area contributed by atoms with Crippen LogP contribution < -0.4 is 13.6 Å². The summed E-state index contributed by atoms with van der Waals surface area (Å²) in [7, 11) is -3.34. The molecule has 4 nitrogen and oxygen atoms in total. The molecular formula is C18H27O4P. The van der Waals surface area contributed by atoms with E-state index in [1.807, 2.05) is 12.1 Å². The van der Waals surface area contributed by atoms with Gasteiger partial charge in [-0.25, -0.2) is 0 Å². The Labute approximate surface area is 139 Å². The van der Waals surface area contributed by atoms with Gasteiger partial charge in [0, 0.05) is 0 Å². The van der Waals surface area contributed by atoms with E-state index in [9.17, 15) is 4.57 Å². The van der Waals surface area contributed by atoms with Gasteiger partial charge in [0.15, 0.2) is 11.5 Å². The van der Waals surface area contributed by atoms with Crippen LogP contribution in [0.15, 0.2) is 12.1 Å². The molecule has 0 spiro atoms. The summed E-state index contributed by atoms with van der Waals surface area (Å²) < 4.78 is 27.7. The third kappa shape index (κ3) is 4.03. The van der Waals surface area contributed by atoms with Crippen LogP contribution in [0.4, 0.5) is 0 Å². The minimum Gasteiger partial charge on any atom is -0.382 e. The van der Waals surface area contributed by atoms with Gasteiger partial charge < -0.3 is 13.6 Å². The van der Waals surface area contributed by atoms with Crippen molar-refractivity contribution in [1.82, 2.24) is 0 Å². The summed E-state index contributed by atoms with van der Waals surface area (Å²) in [5, 5.41) is 0. The van der Waals surface area contributed by atoms with Crippen molar-refractivity contribution < 1.29 is 18.1 Å². The number of fused-ring (bicyclic) bond motifs is 1. The van der Waals surface area contributed by atoms with E-state index in [2.05, 4.69) is 6.92 Å². The highest BCUT2D eigenvalue weighted by Crippen LogP contribution is 2.69. The molecule has 2 aliphatic rings. The van der Waals surface area contributed by atoms with E-state index in [1.165, 1.54) is 57.8 Å². The van der Waals surface area contributed by atoms with E-state index in [4.69, 9.17) is 13.6 Å². The summed E-state index contributed by atoms with van der Waals surface area (Å²) in [4.78, 5) is 0. The largest absolute Gasteiger partial charge is 0.647 e. The Bertz CT molecular complexity index is 585. The molecule has 1 aromatic carbocycles. The highest BCUT2D eigenvalue weighted by atomic mass is 31.2. The summed E-state index contributed by atoms with van der Waals surface area (Å²) in [6, 6.07) is 3.84. The SMILES string of the molecule is CCCCCCCCCCCCc1ccc2c3c1OP(=O)(O2)O3. The number of phosphoric ester groups is 1. The van der Waals surface area contributed by atoms with Gasteiger partial charge in [0.25, 0.3) is 0 Å². The van der Waals surface area contributed by atoms with Crippen LogP contribution in [0.5, 0.6) is 17.2 Å². The van der Waals surface area contributed by atoms with Gasteiger partial charge in [0.2, 0.25) is 5.75 Å². The molecule has 1 aromatic rings. The second-order valence-corrected chi connectivity index (χ2v) is 7.98. The Morgan fingerprint density at radius 1 is 0.783 bits per heavy atom. The lowest BCUT2D eigenvalue weighted by molar-refractivity contribution is 0.353. The number of aryl methyl sites for hydroxylation is 1. The molecule has 5 heteroatoms. The first-order valence-electron chi connectivity index (χ1n) is 9.06. The Kier molecular flexibility index (Phi) is 5.53. The van der Waals surface area contributed by atoms with Crippen LogP contribution in [0.1, 0.15) is 76.7 Å². The molecule has 2 bridgehead atoms. The lowest BCUT2D eigenvalue weighted by Crippen LogP contribution is -2.00. The zero-order chi connectivity index (χ0) is 16.1. The Hall–Kier alpha value is -1.15. The molecule has 0 saturated carbocycles. The van der Waals surface area contributed by atoms with Crippen molar-refractivity contribution >= 4 is 7.82 Å². The molecule has 0 radical (unpaired) electrons. The number of phosphoric acid groups is 1. The third-order valence-corrected chi connectivity index (χ3v) is 5.81. The molecule has 0 saturated heterocycles. The molecular weight excluding hydrogens is 311 g/mol. The van der Waals surface area contributed by atoms with Gasteiger partial charge in [-0.1, -0.05) is 70.8 Å². The highest BCUT2D eigenvalue weighted by molar-refractivity contribution is 7.50. The van der Waals surface area contributed by atoms with Gasteiger partial charge in [-0.15, -0.1) is 0 Å². The normalized spacial score (nSPS) is 20.2. The first-order valence-corrected chi connectivity index (χ1v) is 10.5. The maximum Gasteiger partial charge on any atom is 0.647 e. The quantitative estimate of drug-likeness (QED) is 0.345. The number of hydrogen-bond acceptors (Lipinski definition) is 4. The van der Waals surface area contributed by atoms with Crippen LogP contribution in [0.25, 0.3) is 0 Å². The minimum absolute atomic E-state index is 0.540. The predicted octanol–water partition coefficient (Wildman–Crippen LogP) is 6.42. The van der Waals surface area contributed by atoms with Gasteiger partial charge in [-0.2, -0.15) is 4.57 Å². The minimum atomic E-state index is -3.34. The van der Waals surface area contributed by atoms with Crippen LogP contribution in [0.2, 0.25) is 0 Å². The topological polar surface area (TPSA) is 44.8 Å². The van der Waals surface area contributed by atoms with Gasteiger partial charge in [0.1, 0.15) is 0 Å². The first kappa shape index (κ1) is 16.7. The molecule has 0 aliphatic carbocycles. The average molecular weight is 338 g/mol. The standard InChI is InChI=1S/C18H27O4P/c1-2-3-4-5-6-7-8-9-10-11-12-15-13-14-16-18-17(15)21-23(19,20-16)22-18/h13-14H,2-12H2,1H3. The van der Waals surface area contributed by atoms with E-state index < -0.39 is 7.82 Å². The molecule has 128 valence electrons. The van der Waals surface area contributed by atoms with Crippen molar-refractivity contribution in [3.63, 3.8) is 0 Å². The molecule has 0 N–H and O–H groups in total. The molecule has 0 amide bonds. The predicted molar refractivity (Wildman–Crippen MR) is 91.5 cm³/mol. The Morgan fingerprint density at radius 3 is 2.04 bits per heavy atom. The molecule has 1 unspecified atom stereocenters. The fraction of sp³-hybridized carbons (Fsp3) is 0.667. The van der Waals surface area contributed by atoms with Crippen LogP contribution in [0, 0.1) is 0 Å². The van der Waals surface area contributed by atoms with Crippen LogP contribution in [-0.2, 0) is 11.0 Å². The van der Waals surface area contributed by atoms with Gasteiger partial charge in [-0.05, 0) is 24.5 Å². The average Bonchev–Trinajstić information content (AvgIpc) is 3.05. The zero-order valence-corrected chi connectivity index (χ0v) is 14.9. The van der Waals surface area contributed by atoms with Crippen molar-refractivity contribution in [2.45, 2.75) is 77.6 Å². The fourth-order valence-electron chi connectivity index (χ4n) is 3.24. The maximum absolute atomic E-state index is 11.9. The zero-order valence-electron chi connectivity index (χ0n) is 14.0. The summed E-state index contributed by atoms with van der Waals surface area (Å²) in [5.41, 5.74) is 1.09. The molecule has 23 heavy (non-hydrogen) atoms. The van der Waals surface area contributed by atoms with Gasteiger partial charge in [0.05, 0.1) is 0 Å². The fourth-order valence-corrected chi connectivity index (χ4v) is 4.56. The highest BCUT2D eigenvalue weighted by Gasteiger charge is 2.50. The number of hydrogen-bond donors (Lipinski definition) is 0. The number of unbranched alkanes of at least 4 members (excludes halogenated alkanes) is 9. The van der Waals surface area contributed by atoms with Crippen LogP contribution in [0.3, 0.4) is 0 Å².